The Morgan fingerprint density at radius 1 is 1.12 bits per heavy atom. The van der Waals surface area contributed by atoms with Crippen LogP contribution in [0.5, 0.6) is 0 Å². The molecule has 0 atom stereocenters. The van der Waals surface area contributed by atoms with E-state index in [1.165, 1.54) is 4.68 Å². The van der Waals surface area contributed by atoms with Crippen molar-refractivity contribution >= 4 is 22.4 Å². The summed E-state index contributed by atoms with van der Waals surface area (Å²) in [6.45, 7) is 3.54. The Hall–Kier alpha value is -3.09. The molecule has 0 aliphatic heterocycles. The molecule has 3 rings (SSSR count). The Morgan fingerprint density at radius 3 is 2.44 bits per heavy atom. The van der Waals surface area contributed by atoms with E-state index in [2.05, 4.69) is 10.4 Å². The number of amides is 1. The first kappa shape index (κ1) is 16.8. The number of hydrogen-bond donors (Lipinski definition) is 1. The summed E-state index contributed by atoms with van der Waals surface area (Å²) in [5.41, 5.74) is -0.484. The van der Waals surface area contributed by atoms with Gasteiger partial charge in [-0.2, -0.15) is 5.10 Å². The highest BCUT2D eigenvalue weighted by Gasteiger charge is 2.19. The van der Waals surface area contributed by atoms with Crippen molar-refractivity contribution < 1.29 is 13.6 Å². The van der Waals surface area contributed by atoms with Gasteiger partial charge in [-0.25, -0.2) is 13.5 Å². The fourth-order valence-electron chi connectivity index (χ4n) is 2.50. The minimum atomic E-state index is -0.894. The largest absolute Gasteiger partial charge is 0.318 e. The Bertz CT molecular complexity index is 1030. The lowest BCUT2D eigenvalue weighted by atomic mass is 10.1. The van der Waals surface area contributed by atoms with E-state index in [1.807, 2.05) is 0 Å². The molecule has 0 saturated heterocycles. The monoisotopic (exact) mass is 343 g/mol. The summed E-state index contributed by atoms with van der Waals surface area (Å²) in [6, 6.07) is 9.16. The lowest BCUT2D eigenvalue weighted by Gasteiger charge is -2.13. The van der Waals surface area contributed by atoms with Gasteiger partial charge in [-0.1, -0.05) is 18.2 Å². The first-order chi connectivity index (χ1) is 11.9. The summed E-state index contributed by atoms with van der Waals surface area (Å²) in [4.78, 5) is 25.1. The Kier molecular flexibility index (Phi) is 4.31. The van der Waals surface area contributed by atoms with Crippen molar-refractivity contribution in [2.75, 3.05) is 5.32 Å². The van der Waals surface area contributed by atoms with Crippen LogP contribution in [0.25, 0.3) is 10.8 Å². The van der Waals surface area contributed by atoms with Crippen molar-refractivity contribution in [3.63, 3.8) is 0 Å². The molecule has 1 aromatic heterocycles. The van der Waals surface area contributed by atoms with Gasteiger partial charge in [0.2, 0.25) is 0 Å². The van der Waals surface area contributed by atoms with Crippen LogP contribution < -0.4 is 10.9 Å². The van der Waals surface area contributed by atoms with E-state index in [1.54, 1.807) is 38.1 Å². The van der Waals surface area contributed by atoms with Crippen LogP contribution in [-0.2, 0) is 0 Å². The molecule has 0 fully saturated rings. The summed E-state index contributed by atoms with van der Waals surface area (Å²) in [5, 5.41) is 7.22. The Morgan fingerprint density at radius 2 is 1.80 bits per heavy atom. The van der Waals surface area contributed by atoms with Crippen molar-refractivity contribution in [2.45, 2.75) is 19.9 Å². The Labute approximate surface area is 141 Å². The van der Waals surface area contributed by atoms with Gasteiger partial charge in [0, 0.05) is 11.5 Å². The number of carbonyl (C=O) groups excluding carboxylic acids is 1. The van der Waals surface area contributed by atoms with Crippen molar-refractivity contribution in [1.29, 1.82) is 0 Å². The number of carbonyl (C=O) groups is 1. The van der Waals surface area contributed by atoms with Gasteiger partial charge < -0.3 is 5.32 Å². The minimum Gasteiger partial charge on any atom is -0.318 e. The van der Waals surface area contributed by atoms with Crippen LogP contribution in [0.4, 0.5) is 14.5 Å². The molecule has 25 heavy (non-hydrogen) atoms. The van der Waals surface area contributed by atoms with Gasteiger partial charge in [0.1, 0.15) is 11.6 Å². The van der Waals surface area contributed by atoms with E-state index >= 15 is 0 Å². The van der Waals surface area contributed by atoms with E-state index in [-0.39, 0.29) is 23.0 Å². The SMILES string of the molecule is CC(C)n1nc(C(=O)Nc2ccc(F)cc2F)c2ccccc2c1=O. The van der Waals surface area contributed by atoms with Crippen molar-refractivity contribution in [3.05, 3.63) is 70.1 Å². The molecule has 0 unspecified atom stereocenters. The number of nitrogens with one attached hydrogen (secondary N) is 1. The average molecular weight is 343 g/mol. The Balaban J connectivity index is 2.12. The maximum absolute atomic E-state index is 13.8. The zero-order chi connectivity index (χ0) is 18.1. The van der Waals surface area contributed by atoms with Crippen LogP contribution in [0.15, 0.2) is 47.3 Å². The molecule has 1 N–H and O–H groups in total. The molecule has 5 nitrogen and oxygen atoms in total. The molecule has 3 aromatic rings. The summed E-state index contributed by atoms with van der Waals surface area (Å²) in [5.74, 6) is -2.32. The average Bonchev–Trinajstić information content (AvgIpc) is 2.57. The molecule has 1 amide bonds. The molecule has 0 saturated carbocycles. The summed E-state index contributed by atoms with van der Waals surface area (Å²) < 4.78 is 28.0. The molecule has 2 aromatic carbocycles. The number of fused-ring (bicyclic) bond motifs is 1. The molecule has 128 valence electrons. The van der Waals surface area contributed by atoms with Gasteiger partial charge in [-0.15, -0.1) is 0 Å². The highest BCUT2D eigenvalue weighted by molar-refractivity contribution is 6.11. The highest BCUT2D eigenvalue weighted by atomic mass is 19.1. The molecule has 0 aliphatic rings. The number of halogens is 2. The van der Waals surface area contributed by atoms with Gasteiger partial charge in [-0.3, -0.25) is 9.59 Å². The maximum atomic E-state index is 13.8. The fraction of sp³-hybridized carbons (Fsp3) is 0.167. The second-order valence-corrected chi connectivity index (χ2v) is 5.82. The first-order valence-electron chi connectivity index (χ1n) is 7.66. The molecular formula is C18H15F2N3O2. The van der Waals surface area contributed by atoms with Crippen LogP contribution in [0, 0.1) is 11.6 Å². The number of benzene rings is 2. The molecule has 0 bridgehead atoms. The molecule has 0 radical (unpaired) electrons. The standard InChI is InChI=1S/C18H15F2N3O2/c1-10(2)23-18(25)13-6-4-3-5-12(13)16(22-23)17(24)21-15-8-7-11(19)9-14(15)20/h3-10H,1-2H3,(H,21,24). The molecule has 0 aliphatic carbocycles. The maximum Gasteiger partial charge on any atom is 0.276 e. The number of rotatable bonds is 3. The number of anilines is 1. The lowest BCUT2D eigenvalue weighted by Crippen LogP contribution is -2.29. The summed E-state index contributed by atoms with van der Waals surface area (Å²) >= 11 is 0. The van der Waals surface area contributed by atoms with E-state index < -0.39 is 17.5 Å². The topological polar surface area (TPSA) is 64.0 Å². The van der Waals surface area contributed by atoms with E-state index in [4.69, 9.17) is 0 Å². The summed E-state index contributed by atoms with van der Waals surface area (Å²) in [7, 11) is 0. The lowest BCUT2D eigenvalue weighted by molar-refractivity contribution is 0.102. The zero-order valence-corrected chi connectivity index (χ0v) is 13.6. The van der Waals surface area contributed by atoms with Crippen molar-refractivity contribution in [3.8, 4) is 0 Å². The van der Waals surface area contributed by atoms with Crippen LogP contribution >= 0.6 is 0 Å². The van der Waals surface area contributed by atoms with Gasteiger partial charge in [0.05, 0.1) is 17.1 Å². The normalized spacial score (nSPS) is 11.1. The summed E-state index contributed by atoms with van der Waals surface area (Å²) in [6.07, 6.45) is 0. The van der Waals surface area contributed by atoms with Gasteiger partial charge in [0.25, 0.3) is 11.5 Å². The predicted octanol–water partition coefficient (Wildman–Crippen LogP) is 3.51. The van der Waals surface area contributed by atoms with Crippen LogP contribution in [0.3, 0.4) is 0 Å². The molecule has 7 heteroatoms. The zero-order valence-electron chi connectivity index (χ0n) is 13.6. The smallest absolute Gasteiger partial charge is 0.276 e. The van der Waals surface area contributed by atoms with Crippen LogP contribution in [0.2, 0.25) is 0 Å². The number of hydrogen-bond acceptors (Lipinski definition) is 3. The van der Waals surface area contributed by atoms with Crippen molar-refractivity contribution in [1.82, 2.24) is 9.78 Å². The van der Waals surface area contributed by atoms with Crippen LogP contribution in [-0.4, -0.2) is 15.7 Å². The second kappa shape index (κ2) is 6.43. The van der Waals surface area contributed by atoms with Gasteiger partial charge >= 0.3 is 0 Å². The van der Waals surface area contributed by atoms with Gasteiger partial charge in [-0.05, 0) is 32.0 Å². The van der Waals surface area contributed by atoms with E-state index in [0.717, 1.165) is 12.1 Å². The predicted molar refractivity (Wildman–Crippen MR) is 90.7 cm³/mol. The fourth-order valence-corrected chi connectivity index (χ4v) is 2.50. The quantitative estimate of drug-likeness (QED) is 0.791. The van der Waals surface area contributed by atoms with Crippen LogP contribution in [0.1, 0.15) is 30.4 Å². The third-order valence-electron chi connectivity index (χ3n) is 3.71. The highest BCUT2D eigenvalue weighted by Crippen LogP contribution is 2.19. The van der Waals surface area contributed by atoms with Crippen molar-refractivity contribution in [2.24, 2.45) is 0 Å². The van der Waals surface area contributed by atoms with E-state index in [9.17, 15) is 18.4 Å². The molecular weight excluding hydrogens is 328 g/mol. The third-order valence-corrected chi connectivity index (χ3v) is 3.71. The molecule has 1 heterocycles. The third kappa shape index (κ3) is 3.13. The molecule has 0 spiro atoms. The van der Waals surface area contributed by atoms with Gasteiger partial charge in [0.15, 0.2) is 5.69 Å². The minimum absolute atomic E-state index is 0.00683. The van der Waals surface area contributed by atoms with E-state index in [0.29, 0.717) is 16.8 Å². The number of aromatic nitrogens is 2. The number of nitrogens with zero attached hydrogens (tertiary/aromatic N) is 2. The second-order valence-electron chi connectivity index (χ2n) is 5.82. The first-order valence-corrected chi connectivity index (χ1v) is 7.66.